The molecule has 0 bridgehead atoms. The van der Waals surface area contributed by atoms with Crippen molar-refractivity contribution >= 4 is 27.5 Å². The van der Waals surface area contributed by atoms with E-state index in [4.69, 9.17) is 0 Å². The number of halogens is 1. The van der Waals surface area contributed by atoms with Crippen molar-refractivity contribution in [1.82, 2.24) is 10.2 Å². The zero-order chi connectivity index (χ0) is 27.0. The van der Waals surface area contributed by atoms with E-state index in [1.54, 1.807) is 32.0 Å². The van der Waals surface area contributed by atoms with Gasteiger partial charge in [-0.1, -0.05) is 55.0 Å². The van der Waals surface area contributed by atoms with Crippen molar-refractivity contribution in [1.29, 1.82) is 0 Å². The Bertz CT molecular complexity index is 1310. The van der Waals surface area contributed by atoms with E-state index in [-0.39, 0.29) is 23.0 Å². The lowest BCUT2D eigenvalue weighted by Crippen LogP contribution is -2.52. The van der Waals surface area contributed by atoms with Gasteiger partial charge in [-0.3, -0.25) is 13.9 Å². The minimum Gasteiger partial charge on any atom is -0.355 e. The SMILES string of the molecule is CCNC(=O)[C@H](CC)N(Cc1cccc(C)c1)C(=O)CN(c1ccc(F)cc1)S(=O)(=O)c1ccccc1. The molecular formula is C28H32FN3O4S. The molecule has 2 amide bonds. The highest BCUT2D eigenvalue weighted by Crippen LogP contribution is 2.25. The van der Waals surface area contributed by atoms with Crippen LogP contribution in [0.1, 0.15) is 31.4 Å². The highest BCUT2D eigenvalue weighted by atomic mass is 32.2. The maximum absolute atomic E-state index is 13.8. The number of hydrogen-bond acceptors (Lipinski definition) is 4. The van der Waals surface area contributed by atoms with Gasteiger partial charge in [0.25, 0.3) is 10.0 Å². The number of aryl methyl sites for hydroxylation is 1. The molecule has 0 aliphatic carbocycles. The molecular weight excluding hydrogens is 493 g/mol. The molecule has 196 valence electrons. The van der Waals surface area contributed by atoms with E-state index in [0.29, 0.717) is 13.0 Å². The van der Waals surface area contributed by atoms with Crippen molar-refractivity contribution in [2.45, 2.75) is 44.7 Å². The topological polar surface area (TPSA) is 86.8 Å². The van der Waals surface area contributed by atoms with E-state index in [1.165, 1.54) is 29.2 Å². The lowest BCUT2D eigenvalue weighted by Gasteiger charge is -2.33. The zero-order valence-corrected chi connectivity index (χ0v) is 22.0. The third-order valence-corrected chi connectivity index (χ3v) is 7.69. The number of sulfonamides is 1. The molecule has 0 radical (unpaired) electrons. The molecule has 9 heteroatoms. The summed E-state index contributed by atoms with van der Waals surface area (Å²) in [4.78, 5) is 28.2. The second kappa shape index (κ2) is 12.5. The normalized spacial score (nSPS) is 12.0. The fraction of sp³-hybridized carbons (Fsp3) is 0.286. The largest absolute Gasteiger partial charge is 0.355 e. The van der Waals surface area contributed by atoms with Crippen molar-refractivity contribution in [3.63, 3.8) is 0 Å². The Kier molecular flexibility index (Phi) is 9.41. The fourth-order valence-electron chi connectivity index (χ4n) is 4.07. The van der Waals surface area contributed by atoms with Crippen LogP contribution in [0.3, 0.4) is 0 Å². The number of benzene rings is 3. The van der Waals surface area contributed by atoms with E-state index in [1.807, 2.05) is 31.2 Å². The molecule has 0 heterocycles. The van der Waals surface area contributed by atoms with Crippen LogP contribution in [-0.2, 0) is 26.2 Å². The Labute approximate surface area is 218 Å². The fourth-order valence-corrected chi connectivity index (χ4v) is 5.51. The molecule has 0 aliphatic rings. The van der Waals surface area contributed by atoms with Gasteiger partial charge < -0.3 is 10.2 Å². The standard InChI is InChI=1S/C28H32FN3O4S/c1-4-26(28(34)30-5-2)31(19-22-11-9-10-21(3)18-22)27(33)20-32(24-16-14-23(29)15-17-24)37(35,36)25-12-7-6-8-13-25/h6-18,26H,4-5,19-20H2,1-3H3,(H,30,34)/t26-/m0/s1. The second-order valence-corrected chi connectivity index (χ2v) is 10.5. The molecule has 3 aromatic carbocycles. The molecule has 37 heavy (non-hydrogen) atoms. The van der Waals surface area contributed by atoms with Crippen LogP contribution < -0.4 is 9.62 Å². The Balaban J connectivity index is 2.04. The molecule has 0 unspecified atom stereocenters. The Hall–Kier alpha value is -3.72. The number of nitrogens with zero attached hydrogens (tertiary/aromatic N) is 2. The predicted octanol–water partition coefficient (Wildman–Crippen LogP) is 4.27. The van der Waals surface area contributed by atoms with Crippen LogP contribution in [-0.4, -0.2) is 44.3 Å². The smallest absolute Gasteiger partial charge is 0.264 e. The van der Waals surface area contributed by atoms with E-state index in [9.17, 15) is 22.4 Å². The summed E-state index contributed by atoms with van der Waals surface area (Å²) in [6, 6.07) is 19.4. The molecule has 0 saturated carbocycles. The Morgan fingerprint density at radius 3 is 2.22 bits per heavy atom. The summed E-state index contributed by atoms with van der Waals surface area (Å²) in [6.45, 7) is 5.48. The van der Waals surface area contributed by atoms with Crippen LogP contribution in [0, 0.1) is 12.7 Å². The molecule has 1 N–H and O–H groups in total. The van der Waals surface area contributed by atoms with Gasteiger partial charge in [-0.2, -0.15) is 0 Å². The van der Waals surface area contributed by atoms with Crippen LogP contribution in [0.5, 0.6) is 0 Å². The molecule has 3 rings (SSSR count). The molecule has 0 spiro atoms. The highest BCUT2D eigenvalue weighted by molar-refractivity contribution is 7.92. The highest BCUT2D eigenvalue weighted by Gasteiger charge is 2.33. The van der Waals surface area contributed by atoms with Gasteiger partial charge in [0.1, 0.15) is 18.4 Å². The van der Waals surface area contributed by atoms with Crippen LogP contribution >= 0.6 is 0 Å². The minimum absolute atomic E-state index is 0.00636. The number of hydrogen-bond donors (Lipinski definition) is 1. The second-order valence-electron chi connectivity index (χ2n) is 8.63. The van der Waals surface area contributed by atoms with Gasteiger partial charge in [-0.15, -0.1) is 0 Å². The third kappa shape index (κ3) is 6.95. The van der Waals surface area contributed by atoms with E-state index in [0.717, 1.165) is 27.6 Å². The first kappa shape index (κ1) is 27.9. The van der Waals surface area contributed by atoms with Crippen molar-refractivity contribution in [2.24, 2.45) is 0 Å². The quantitative estimate of drug-likeness (QED) is 0.405. The molecule has 0 aliphatic heterocycles. The van der Waals surface area contributed by atoms with Crippen LogP contribution in [0.15, 0.2) is 83.8 Å². The Morgan fingerprint density at radius 2 is 1.62 bits per heavy atom. The monoisotopic (exact) mass is 525 g/mol. The lowest BCUT2D eigenvalue weighted by molar-refractivity contribution is -0.140. The number of nitrogens with one attached hydrogen (secondary N) is 1. The molecule has 7 nitrogen and oxygen atoms in total. The average molecular weight is 526 g/mol. The van der Waals surface area contributed by atoms with Gasteiger partial charge in [0.15, 0.2) is 0 Å². The van der Waals surface area contributed by atoms with E-state index >= 15 is 0 Å². The first-order valence-corrected chi connectivity index (χ1v) is 13.6. The zero-order valence-electron chi connectivity index (χ0n) is 21.2. The number of amides is 2. The van der Waals surface area contributed by atoms with Crippen molar-refractivity contribution in [2.75, 3.05) is 17.4 Å². The number of carbonyl (C=O) groups excluding carboxylic acids is 2. The summed E-state index contributed by atoms with van der Waals surface area (Å²) < 4.78 is 41.9. The molecule has 0 aromatic heterocycles. The first-order valence-electron chi connectivity index (χ1n) is 12.1. The number of carbonyl (C=O) groups is 2. The summed E-state index contributed by atoms with van der Waals surface area (Å²) in [5.74, 6) is -1.40. The van der Waals surface area contributed by atoms with Crippen molar-refractivity contribution in [3.8, 4) is 0 Å². The third-order valence-electron chi connectivity index (χ3n) is 5.90. The van der Waals surface area contributed by atoms with E-state index < -0.39 is 34.3 Å². The van der Waals surface area contributed by atoms with Crippen molar-refractivity contribution < 1.29 is 22.4 Å². The van der Waals surface area contributed by atoms with Crippen molar-refractivity contribution in [3.05, 3.63) is 95.8 Å². The van der Waals surface area contributed by atoms with Gasteiger partial charge in [0.05, 0.1) is 10.6 Å². The number of likely N-dealkylation sites (N-methyl/N-ethyl adjacent to an activating group) is 1. The van der Waals surface area contributed by atoms with Crippen LogP contribution in [0.2, 0.25) is 0 Å². The predicted molar refractivity (Wildman–Crippen MR) is 142 cm³/mol. The summed E-state index contributed by atoms with van der Waals surface area (Å²) in [7, 11) is -4.18. The van der Waals surface area contributed by atoms with Gasteiger partial charge in [0, 0.05) is 13.1 Å². The number of rotatable bonds is 11. The Morgan fingerprint density at radius 1 is 0.946 bits per heavy atom. The summed E-state index contributed by atoms with van der Waals surface area (Å²) in [5, 5.41) is 2.77. The molecule has 3 aromatic rings. The lowest BCUT2D eigenvalue weighted by atomic mass is 10.1. The molecule has 0 saturated heterocycles. The summed E-state index contributed by atoms with van der Waals surface area (Å²) in [5.41, 5.74) is 1.95. The first-order chi connectivity index (χ1) is 17.7. The van der Waals surface area contributed by atoms with Gasteiger partial charge in [-0.25, -0.2) is 12.8 Å². The average Bonchev–Trinajstić information content (AvgIpc) is 2.88. The number of anilines is 1. The van der Waals surface area contributed by atoms with Gasteiger partial charge in [-0.05, 0) is 62.2 Å². The summed E-state index contributed by atoms with van der Waals surface area (Å²) in [6.07, 6.45) is 0.339. The summed E-state index contributed by atoms with van der Waals surface area (Å²) >= 11 is 0. The van der Waals surface area contributed by atoms with Gasteiger partial charge >= 0.3 is 0 Å². The molecule has 0 fully saturated rings. The van der Waals surface area contributed by atoms with Crippen LogP contribution in [0.25, 0.3) is 0 Å². The minimum atomic E-state index is -4.18. The maximum atomic E-state index is 13.8. The van der Waals surface area contributed by atoms with Gasteiger partial charge in [0.2, 0.25) is 11.8 Å². The van der Waals surface area contributed by atoms with Crippen LogP contribution in [0.4, 0.5) is 10.1 Å². The maximum Gasteiger partial charge on any atom is 0.264 e. The van der Waals surface area contributed by atoms with E-state index in [2.05, 4.69) is 5.32 Å². The molecule has 1 atom stereocenters.